The molecule has 1 unspecified atom stereocenters. The van der Waals surface area contributed by atoms with Gasteiger partial charge >= 0.3 is 0 Å². The monoisotopic (exact) mass is 421 g/mol. The smallest absolute Gasteiger partial charge is 0.122 e. The molecule has 1 aromatic heterocycles. The van der Waals surface area contributed by atoms with Gasteiger partial charge in [0.2, 0.25) is 0 Å². The van der Waals surface area contributed by atoms with Crippen LogP contribution in [0.4, 0.5) is 0 Å². The molecule has 0 aliphatic carbocycles. The van der Waals surface area contributed by atoms with Gasteiger partial charge in [-0.05, 0) is 55.9 Å². The second kappa shape index (κ2) is 7.96. The van der Waals surface area contributed by atoms with Gasteiger partial charge in [-0.25, -0.2) is 0 Å². The van der Waals surface area contributed by atoms with Crippen molar-refractivity contribution in [1.82, 2.24) is 4.90 Å². The zero-order chi connectivity index (χ0) is 19.9. The maximum atomic E-state index is 9.73. The van der Waals surface area contributed by atoms with Gasteiger partial charge in [-0.15, -0.1) is 11.3 Å². The number of ether oxygens (including phenoxy) is 2. The summed E-state index contributed by atoms with van der Waals surface area (Å²) in [6, 6.07) is 6.86. The van der Waals surface area contributed by atoms with Crippen LogP contribution in [-0.4, -0.2) is 36.3 Å². The van der Waals surface area contributed by atoms with Crippen molar-refractivity contribution in [2.45, 2.75) is 57.9 Å². The number of piperidine rings is 1. The molecular weight excluding hydrogens is 394 g/mol. The number of aliphatic hydroxyl groups is 1. The molecule has 6 heteroatoms. The molecule has 1 N–H and O–H groups in total. The second-order valence-electron chi connectivity index (χ2n) is 7.99. The molecule has 2 aliphatic rings. The normalized spacial score (nSPS) is 25.1. The lowest BCUT2D eigenvalue weighted by molar-refractivity contribution is -0.110. The Balaban J connectivity index is 1.54. The minimum atomic E-state index is -0.254. The van der Waals surface area contributed by atoms with E-state index in [1.54, 1.807) is 18.4 Å². The van der Waals surface area contributed by atoms with Crippen molar-refractivity contribution >= 4 is 22.9 Å². The molecule has 2 aliphatic heterocycles. The quantitative estimate of drug-likeness (QED) is 0.779. The Hall–Kier alpha value is -1.11. The van der Waals surface area contributed by atoms with E-state index in [1.165, 1.54) is 16.0 Å². The van der Waals surface area contributed by atoms with E-state index in [9.17, 15) is 5.11 Å². The van der Waals surface area contributed by atoms with E-state index in [4.69, 9.17) is 21.1 Å². The minimum Gasteiger partial charge on any atom is -0.496 e. The van der Waals surface area contributed by atoms with Gasteiger partial charge in [-0.1, -0.05) is 23.7 Å². The van der Waals surface area contributed by atoms with E-state index in [0.29, 0.717) is 12.6 Å². The summed E-state index contributed by atoms with van der Waals surface area (Å²) in [6.07, 6.45) is 2.75. The molecule has 4 nitrogen and oxygen atoms in total. The van der Waals surface area contributed by atoms with E-state index in [2.05, 4.69) is 36.9 Å². The molecule has 1 spiro atoms. The van der Waals surface area contributed by atoms with Crippen molar-refractivity contribution in [3.8, 4) is 5.75 Å². The third kappa shape index (κ3) is 3.48. The summed E-state index contributed by atoms with van der Waals surface area (Å²) in [4.78, 5) is 3.77. The first-order valence-corrected chi connectivity index (χ1v) is 11.1. The van der Waals surface area contributed by atoms with Crippen LogP contribution < -0.4 is 4.74 Å². The van der Waals surface area contributed by atoms with Gasteiger partial charge in [0.05, 0.1) is 24.7 Å². The molecule has 1 aromatic carbocycles. The Bertz CT molecular complexity index is 868. The number of benzene rings is 1. The molecule has 3 heterocycles. The number of aryl methyl sites for hydroxylation is 1. The molecule has 0 radical (unpaired) electrons. The number of fused-ring (bicyclic) bond motifs is 2. The second-order valence-corrected chi connectivity index (χ2v) is 9.61. The molecule has 0 amide bonds. The lowest BCUT2D eigenvalue weighted by Gasteiger charge is -2.47. The Morgan fingerprint density at radius 2 is 2.25 bits per heavy atom. The van der Waals surface area contributed by atoms with Gasteiger partial charge in [0.1, 0.15) is 11.4 Å². The van der Waals surface area contributed by atoms with E-state index in [0.717, 1.165) is 53.6 Å². The van der Waals surface area contributed by atoms with Gasteiger partial charge in [0, 0.05) is 29.6 Å². The van der Waals surface area contributed by atoms with Crippen molar-refractivity contribution in [3.05, 3.63) is 49.7 Å². The number of halogens is 1. The number of methoxy groups -OCH3 is 1. The first kappa shape index (κ1) is 20.2. The molecule has 28 heavy (non-hydrogen) atoms. The topological polar surface area (TPSA) is 41.9 Å². The number of hydrogen-bond donors (Lipinski definition) is 1. The molecule has 2 atom stereocenters. The zero-order valence-corrected chi connectivity index (χ0v) is 18.3. The van der Waals surface area contributed by atoms with Crippen LogP contribution in [0, 0.1) is 6.92 Å². The van der Waals surface area contributed by atoms with Crippen LogP contribution in [0.2, 0.25) is 4.34 Å². The molecular formula is C22H28ClNO3S. The van der Waals surface area contributed by atoms with Gasteiger partial charge < -0.3 is 14.6 Å². The van der Waals surface area contributed by atoms with Crippen molar-refractivity contribution in [1.29, 1.82) is 0 Å². The molecule has 1 fully saturated rings. The van der Waals surface area contributed by atoms with Crippen LogP contribution in [0.25, 0.3) is 0 Å². The summed E-state index contributed by atoms with van der Waals surface area (Å²) in [5.41, 5.74) is 4.32. The van der Waals surface area contributed by atoms with E-state index in [1.807, 2.05) is 0 Å². The minimum absolute atomic E-state index is 0.0116. The number of likely N-dealkylation sites (tertiary alicyclic amines) is 1. The molecule has 0 bridgehead atoms. The Morgan fingerprint density at radius 1 is 1.43 bits per heavy atom. The average Bonchev–Trinajstić information content (AvgIpc) is 3.02. The predicted octanol–water partition coefficient (Wildman–Crippen LogP) is 4.66. The largest absolute Gasteiger partial charge is 0.496 e. The van der Waals surface area contributed by atoms with Gasteiger partial charge in [-0.2, -0.15) is 0 Å². The summed E-state index contributed by atoms with van der Waals surface area (Å²) < 4.78 is 12.6. The lowest BCUT2D eigenvalue weighted by atomic mass is 9.81. The predicted molar refractivity (Wildman–Crippen MR) is 113 cm³/mol. The summed E-state index contributed by atoms with van der Waals surface area (Å²) >= 11 is 8.04. The summed E-state index contributed by atoms with van der Waals surface area (Å²) in [7, 11) is 1.73. The maximum Gasteiger partial charge on any atom is 0.122 e. The Labute approximate surface area is 176 Å². The fourth-order valence-electron chi connectivity index (χ4n) is 4.69. The first-order valence-electron chi connectivity index (χ1n) is 9.90. The number of hydrogen-bond acceptors (Lipinski definition) is 5. The third-order valence-corrected chi connectivity index (χ3v) is 7.99. The highest BCUT2D eigenvalue weighted by Crippen LogP contribution is 2.50. The SMILES string of the molecule is COc1cc(CN2CCC3(C[C@@H]2C)OCCc2c3sc(Cl)c2CO)ccc1C. The van der Waals surface area contributed by atoms with E-state index < -0.39 is 0 Å². The molecule has 1 saturated heterocycles. The first-order chi connectivity index (χ1) is 13.5. The van der Waals surface area contributed by atoms with Crippen LogP contribution in [0.3, 0.4) is 0 Å². The van der Waals surface area contributed by atoms with Crippen molar-refractivity contribution in [2.24, 2.45) is 0 Å². The van der Waals surface area contributed by atoms with Crippen LogP contribution in [0.15, 0.2) is 18.2 Å². The van der Waals surface area contributed by atoms with Crippen LogP contribution in [-0.2, 0) is 29.9 Å². The van der Waals surface area contributed by atoms with Crippen LogP contribution in [0.5, 0.6) is 5.75 Å². The molecule has 0 saturated carbocycles. The fourth-order valence-corrected chi connectivity index (χ4v) is 6.37. The van der Waals surface area contributed by atoms with Crippen LogP contribution in [0.1, 0.15) is 46.9 Å². The Morgan fingerprint density at radius 3 is 2.96 bits per heavy atom. The highest BCUT2D eigenvalue weighted by Gasteiger charge is 2.45. The molecule has 152 valence electrons. The van der Waals surface area contributed by atoms with Crippen molar-refractivity contribution < 1.29 is 14.6 Å². The van der Waals surface area contributed by atoms with Gasteiger partial charge in [0.15, 0.2) is 0 Å². The number of rotatable bonds is 4. The average molecular weight is 422 g/mol. The number of nitrogens with zero attached hydrogens (tertiary/aromatic N) is 1. The van der Waals surface area contributed by atoms with Crippen molar-refractivity contribution in [2.75, 3.05) is 20.3 Å². The van der Waals surface area contributed by atoms with E-state index in [-0.39, 0.29) is 12.2 Å². The fraction of sp³-hybridized carbons (Fsp3) is 0.545. The highest BCUT2D eigenvalue weighted by atomic mass is 35.5. The molecule has 2 aromatic rings. The summed E-state index contributed by atoms with van der Waals surface area (Å²) in [5.74, 6) is 0.948. The third-order valence-electron chi connectivity index (χ3n) is 6.28. The van der Waals surface area contributed by atoms with E-state index >= 15 is 0 Å². The summed E-state index contributed by atoms with van der Waals surface area (Å²) in [5, 5.41) is 9.73. The highest BCUT2D eigenvalue weighted by molar-refractivity contribution is 7.16. The summed E-state index contributed by atoms with van der Waals surface area (Å²) in [6.45, 7) is 6.95. The molecule has 4 rings (SSSR count). The van der Waals surface area contributed by atoms with Crippen LogP contribution >= 0.6 is 22.9 Å². The standard InChI is InChI=1S/C22H28ClNO3S/c1-14-4-5-16(10-19(14)26-3)12-24-8-7-22(11-15(24)2)20-17(6-9-27-22)18(13-25)21(23)28-20/h4-5,10,15,25H,6-9,11-13H2,1-3H3/t15-,22?/m0/s1. The van der Waals surface area contributed by atoms with Crippen molar-refractivity contribution in [3.63, 3.8) is 0 Å². The lowest BCUT2D eigenvalue weighted by Crippen LogP contribution is -2.50. The zero-order valence-electron chi connectivity index (χ0n) is 16.8. The number of thiophene rings is 1. The van der Waals surface area contributed by atoms with Gasteiger partial charge in [0.25, 0.3) is 0 Å². The Kier molecular flexibility index (Phi) is 5.73. The number of aliphatic hydroxyl groups excluding tert-OH is 1. The van der Waals surface area contributed by atoms with Gasteiger partial charge in [-0.3, -0.25) is 4.90 Å². The maximum absolute atomic E-state index is 9.73.